The first-order chi connectivity index (χ1) is 11.4. The average molecular weight is 427 g/mol. The second-order valence-electron chi connectivity index (χ2n) is 4.87. The molecule has 1 N–H and O–H groups in total. The number of carbonyl (C=O) groups excluding carboxylic acids is 1. The van der Waals surface area contributed by atoms with Gasteiger partial charge in [-0.25, -0.2) is 4.98 Å². The van der Waals surface area contributed by atoms with Gasteiger partial charge in [0.1, 0.15) is 15.4 Å². The van der Waals surface area contributed by atoms with Crippen LogP contribution in [-0.2, 0) is 0 Å². The molecule has 0 fully saturated rings. The SMILES string of the molecule is Cc1nc(NC(=O)c2sc3c([N+](=O)[O-])cccc3c2Cl)ccc1Br. The minimum atomic E-state index is -0.490. The van der Waals surface area contributed by atoms with E-state index in [0.29, 0.717) is 15.9 Å². The third kappa shape index (κ3) is 3.00. The van der Waals surface area contributed by atoms with E-state index in [4.69, 9.17) is 11.6 Å². The van der Waals surface area contributed by atoms with Gasteiger partial charge in [-0.05, 0) is 35.0 Å². The Morgan fingerprint density at radius 2 is 2.12 bits per heavy atom. The molecular weight excluding hydrogens is 418 g/mol. The maximum atomic E-state index is 12.5. The van der Waals surface area contributed by atoms with Crippen LogP contribution in [0.25, 0.3) is 10.1 Å². The molecule has 0 saturated carbocycles. The van der Waals surface area contributed by atoms with Gasteiger partial charge >= 0.3 is 0 Å². The molecule has 0 aliphatic rings. The van der Waals surface area contributed by atoms with Crippen molar-refractivity contribution in [1.29, 1.82) is 0 Å². The Bertz CT molecular complexity index is 989. The number of hydrogen-bond acceptors (Lipinski definition) is 5. The maximum Gasteiger partial charge on any atom is 0.287 e. The molecule has 0 aliphatic carbocycles. The molecule has 0 saturated heterocycles. The maximum absolute atomic E-state index is 12.5. The topological polar surface area (TPSA) is 85.1 Å². The number of pyridine rings is 1. The van der Waals surface area contributed by atoms with Crippen LogP contribution in [0.4, 0.5) is 11.5 Å². The number of nitrogens with zero attached hydrogens (tertiary/aromatic N) is 2. The lowest BCUT2D eigenvalue weighted by Crippen LogP contribution is -2.12. The smallest absolute Gasteiger partial charge is 0.287 e. The van der Waals surface area contributed by atoms with Gasteiger partial charge in [-0.1, -0.05) is 23.7 Å². The van der Waals surface area contributed by atoms with Gasteiger partial charge in [0.15, 0.2) is 0 Å². The molecule has 3 aromatic rings. The normalized spacial score (nSPS) is 10.8. The van der Waals surface area contributed by atoms with Crippen molar-refractivity contribution < 1.29 is 9.72 Å². The van der Waals surface area contributed by atoms with E-state index in [1.165, 1.54) is 6.07 Å². The number of non-ortho nitro benzene ring substituents is 1. The molecule has 0 spiro atoms. The van der Waals surface area contributed by atoms with Crippen LogP contribution in [0.2, 0.25) is 5.02 Å². The summed E-state index contributed by atoms with van der Waals surface area (Å²) in [6.07, 6.45) is 0. The molecule has 0 atom stereocenters. The first-order valence-corrected chi connectivity index (χ1v) is 8.67. The standard InChI is InChI=1S/C15H9BrClN3O3S/c1-7-9(16)5-6-11(18-7)19-15(21)14-12(17)8-3-2-4-10(20(22)23)13(8)24-14/h2-6H,1H3,(H,18,19,21). The van der Waals surface area contributed by atoms with Gasteiger partial charge in [0.25, 0.3) is 11.6 Å². The highest BCUT2D eigenvalue weighted by molar-refractivity contribution is 9.10. The lowest BCUT2D eigenvalue weighted by molar-refractivity contribution is -0.382. The molecular formula is C15H9BrClN3O3S. The first-order valence-electron chi connectivity index (χ1n) is 6.68. The van der Waals surface area contributed by atoms with Crippen LogP contribution in [-0.4, -0.2) is 15.8 Å². The molecule has 2 aromatic heterocycles. The third-order valence-corrected chi connectivity index (χ3v) is 5.87. The Hall–Kier alpha value is -2.03. The van der Waals surface area contributed by atoms with Gasteiger partial charge in [0, 0.05) is 15.9 Å². The van der Waals surface area contributed by atoms with Crippen molar-refractivity contribution in [3.63, 3.8) is 0 Å². The molecule has 24 heavy (non-hydrogen) atoms. The predicted octanol–water partition coefficient (Wildman–Crippen LogP) is 5.18. The number of rotatable bonds is 3. The predicted molar refractivity (Wildman–Crippen MR) is 98.1 cm³/mol. The van der Waals surface area contributed by atoms with Crippen molar-refractivity contribution in [2.45, 2.75) is 6.92 Å². The highest BCUT2D eigenvalue weighted by atomic mass is 79.9. The number of nitro benzene ring substituents is 1. The van der Waals surface area contributed by atoms with Crippen molar-refractivity contribution in [1.82, 2.24) is 4.98 Å². The molecule has 3 rings (SSSR count). The second kappa shape index (κ2) is 6.46. The number of aromatic nitrogens is 1. The van der Waals surface area contributed by atoms with Crippen LogP contribution in [0.15, 0.2) is 34.8 Å². The minimum Gasteiger partial charge on any atom is -0.306 e. The summed E-state index contributed by atoms with van der Waals surface area (Å²) in [5.41, 5.74) is 0.655. The van der Waals surface area contributed by atoms with E-state index in [-0.39, 0.29) is 15.6 Å². The van der Waals surface area contributed by atoms with Gasteiger partial charge in [-0.15, -0.1) is 11.3 Å². The number of nitrogens with one attached hydrogen (secondary N) is 1. The van der Waals surface area contributed by atoms with Crippen molar-refractivity contribution >= 4 is 66.4 Å². The van der Waals surface area contributed by atoms with Crippen LogP contribution < -0.4 is 5.32 Å². The largest absolute Gasteiger partial charge is 0.306 e. The summed E-state index contributed by atoms with van der Waals surface area (Å²) in [4.78, 5) is 27.6. The fourth-order valence-corrected chi connectivity index (χ4v) is 3.86. The Labute approximate surface area is 153 Å². The Kier molecular flexibility index (Phi) is 4.53. The molecule has 122 valence electrons. The van der Waals surface area contributed by atoms with E-state index in [0.717, 1.165) is 21.5 Å². The number of nitro groups is 1. The summed E-state index contributed by atoms with van der Waals surface area (Å²) in [6.45, 7) is 1.80. The highest BCUT2D eigenvalue weighted by Gasteiger charge is 2.23. The molecule has 0 aliphatic heterocycles. The quantitative estimate of drug-likeness (QED) is 0.462. The number of fused-ring (bicyclic) bond motifs is 1. The number of halogens is 2. The lowest BCUT2D eigenvalue weighted by Gasteiger charge is -2.05. The number of aryl methyl sites for hydroxylation is 1. The molecule has 2 heterocycles. The van der Waals surface area contributed by atoms with Crippen molar-refractivity contribution in [3.8, 4) is 0 Å². The summed E-state index contributed by atoms with van der Waals surface area (Å²) in [6, 6.07) is 8.00. The molecule has 1 aromatic carbocycles. The van der Waals surface area contributed by atoms with Crippen molar-refractivity contribution in [2.24, 2.45) is 0 Å². The van der Waals surface area contributed by atoms with Crippen LogP contribution in [0.5, 0.6) is 0 Å². The van der Waals surface area contributed by atoms with E-state index in [9.17, 15) is 14.9 Å². The number of anilines is 1. The summed E-state index contributed by atoms with van der Waals surface area (Å²) in [7, 11) is 0. The van der Waals surface area contributed by atoms with Crippen LogP contribution >= 0.6 is 38.9 Å². The molecule has 0 unspecified atom stereocenters. The van der Waals surface area contributed by atoms with E-state index >= 15 is 0 Å². The number of amides is 1. The van der Waals surface area contributed by atoms with Gasteiger partial charge in [0.05, 0.1) is 15.6 Å². The monoisotopic (exact) mass is 425 g/mol. The second-order valence-corrected chi connectivity index (χ2v) is 7.13. The Morgan fingerprint density at radius 3 is 2.79 bits per heavy atom. The summed E-state index contributed by atoms with van der Waals surface area (Å²) in [5.74, 6) is -0.0755. The first kappa shape index (κ1) is 16.8. The zero-order valence-corrected chi connectivity index (χ0v) is 15.3. The Balaban J connectivity index is 2.01. The number of benzene rings is 1. The summed E-state index contributed by atoms with van der Waals surface area (Å²) in [5, 5.41) is 14.5. The van der Waals surface area contributed by atoms with E-state index in [2.05, 4.69) is 26.2 Å². The number of carbonyl (C=O) groups is 1. The zero-order chi connectivity index (χ0) is 17.4. The Morgan fingerprint density at radius 1 is 1.38 bits per heavy atom. The van der Waals surface area contributed by atoms with E-state index in [1.807, 2.05) is 0 Å². The van der Waals surface area contributed by atoms with E-state index < -0.39 is 10.8 Å². The van der Waals surface area contributed by atoms with Crippen molar-refractivity contribution in [2.75, 3.05) is 5.32 Å². The van der Waals surface area contributed by atoms with E-state index in [1.54, 1.807) is 31.2 Å². The summed E-state index contributed by atoms with van der Waals surface area (Å²) >= 11 is 10.6. The molecule has 9 heteroatoms. The van der Waals surface area contributed by atoms with Crippen molar-refractivity contribution in [3.05, 3.63) is 60.5 Å². The van der Waals surface area contributed by atoms with Gasteiger partial charge < -0.3 is 5.32 Å². The zero-order valence-electron chi connectivity index (χ0n) is 12.2. The molecule has 0 bridgehead atoms. The fourth-order valence-electron chi connectivity index (χ4n) is 2.15. The molecule has 0 radical (unpaired) electrons. The fraction of sp³-hybridized carbons (Fsp3) is 0.0667. The average Bonchev–Trinajstić information content (AvgIpc) is 2.88. The molecule has 6 nitrogen and oxygen atoms in total. The minimum absolute atomic E-state index is 0.0731. The summed E-state index contributed by atoms with van der Waals surface area (Å²) < 4.78 is 1.20. The highest BCUT2D eigenvalue weighted by Crippen LogP contribution is 2.40. The van der Waals surface area contributed by atoms with Crippen LogP contribution in [0.1, 0.15) is 15.4 Å². The van der Waals surface area contributed by atoms with Gasteiger partial charge in [0.2, 0.25) is 0 Å². The number of thiophene rings is 1. The van der Waals surface area contributed by atoms with Crippen LogP contribution in [0.3, 0.4) is 0 Å². The van der Waals surface area contributed by atoms with Gasteiger partial charge in [-0.3, -0.25) is 14.9 Å². The third-order valence-electron chi connectivity index (χ3n) is 3.30. The lowest BCUT2D eigenvalue weighted by atomic mass is 10.2. The van der Waals surface area contributed by atoms with Gasteiger partial charge in [-0.2, -0.15) is 0 Å². The molecule has 1 amide bonds. The number of hydrogen-bond donors (Lipinski definition) is 1. The van der Waals surface area contributed by atoms with Crippen LogP contribution in [0, 0.1) is 17.0 Å².